The molecule has 32 heavy (non-hydrogen) atoms. The van der Waals surface area contributed by atoms with Gasteiger partial charge in [-0.2, -0.15) is 26.3 Å². The number of rotatable bonds is 5. The van der Waals surface area contributed by atoms with Gasteiger partial charge in [0.1, 0.15) is 5.82 Å². The van der Waals surface area contributed by atoms with E-state index in [1.54, 1.807) is 19.1 Å². The van der Waals surface area contributed by atoms with Gasteiger partial charge in [-0.05, 0) is 19.1 Å². The van der Waals surface area contributed by atoms with Crippen molar-refractivity contribution in [3.05, 3.63) is 64.1 Å². The van der Waals surface area contributed by atoms with Crippen LogP contribution in [0.25, 0.3) is 17.2 Å². The predicted molar refractivity (Wildman–Crippen MR) is 105 cm³/mol. The summed E-state index contributed by atoms with van der Waals surface area (Å²) in [5.74, 6) is -0.101. The molecule has 170 valence electrons. The molecule has 0 radical (unpaired) electrons. The molecule has 0 atom stereocenters. The highest BCUT2D eigenvalue weighted by Crippen LogP contribution is 2.32. The van der Waals surface area contributed by atoms with Crippen molar-refractivity contribution < 1.29 is 26.3 Å². The molecule has 0 spiro atoms. The number of aryl methyl sites for hydroxylation is 1. The molecule has 3 aromatic rings. The quantitative estimate of drug-likeness (QED) is 0.468. The van der Waals surface area contributed by atoms with E-state index in [0.29, 0.717) is 18.1 Å². The van der Waals surface area contributed by atoms with Gasteiger partial charge in [0.15, 0.2) is 5.69 Å². The highest BCUT2D eigenvalue weighted by Gasteiger charge is 2.39. The number of nitrogens with two attached hydrogens (primary N) is 1. The molecule has 3 aromatic heterocycles. The lowest BCUT2D eigenvalue weighted by Crippen LogP contribution is -2.26. The second kappa shape index (κ2) is 8.48. The molecule has 0 unspecified atom stereocenters. The summed E-state index contributed by atoms with van der Waals surface area (Å²) in [6.07, 6.45) is -6.77. The maximum Gasteiger partial charge on any atom is 0.434 e. The third-order valence-electron chi connectivity index (χ3n) is 4.34. The van der Waals surface area contributed by atoms with Crippen LogP contribution in [0.2, 0.25) is 0 Å². The number of aromatic nitrogens is 4. The van der Waals surface area contributed by atoms with Gasteiger partial charge in [-0.15, -0.1) is 0 Å². The van der Waals surface area contributed by atoms with Gasteiger partial charge in [0, 0.05) is 42.6 Å². The molecule has 0 bridgehead atoms. The number of imidazole rings is 1. The van der Waals surface area contributed by atoms with Crippen molar-refractivity contribution in [3.8, 4) is 5.82 Å². The number of fused-ring (bicyclic) bond motifs is 1. The Morgan fingerprint density at radius 1 is 1.22 bits per heavy atom. The first-order valence-electron chi connectivity index (χ1n) is 9.06. The third kappa shape index (κ3) is 4.65. The van der Waals surface area contributed by atoms with Crippen molar-refractivity contribution in [2.75, 3.05) is 6.54 Å². The summed E-state index contributed by atoms with van der Waals surface area (Å²) in [5.41, 5.74) is 1.67. The number of aliphatic imine (C=N–C) groups is 1. The van der Waals surface area contributed by atoms with Crippen LogP contribution in [-0.4, -0.2) is 37.9 Å². The van der Waals surface area contributed by atoms with Crippen LogP contribution in [0.3, 0.4) is 0 Å². The lowest BCUT2D eigenvalue weighted by molar-refractivity contribution is -0.141. The first-order chi connectivity index (χ1) is 14.9. The molecule has 3 heterocycles. The van der Waals surface area contributed by atoms with Crippen LogP contribution in [0.5, 0.6) is 0 Å². The fraction of sp³-hybridized carbons (Fsp3) is 0.263. The van der Waals surface area contributed by atoms with Gasteiger partial charge in [0.2, 0.25) is 5.78 Å². The Morgan fingerprint density at radius 3 is 2.50 bits per heavy atom. The minimum absolute atomic E-state index is 0.239. The highest BCUT2D eigenvalue weighted by molar-refractivity contribution is 6.10. The van der Waals surface area contributed by atoms with Crippen molar-refractivity contribution in [3.63, 3.8) is 0 Å². The molecule has 0 saturated heterocycles. The molecule has 13 heteroatoms. The first kappa shape index (κ1) is 23.0. The van der Waals surface area contributed by atoms with E-state index in [1.807, 2.05) is 0 Å². The molecule has 2 N–H and O–H groups in total. The number of halogens is 6. The molecular weight excluding hydrogens is 442 g/mol. The molecule has 0 aliphatic carbocycles. The molecule has 0 aliphatic heterocycles. The summed E-state index contributed by atoms with van der Waals surface area (Å²) in [5, 5.41) is 0. The summed E-state index contributed by atoms with van der Waals surface area (Å²) in [7, 11) is 0. The second-order valence-corrected chi connectivity index (χ2v) is 6.62. The van der Waals surface area contributed by atoms with E-state index in [1.165, 1.54) is 23.0 Å². The van der Waals surface area contributed by atoms with Crippen LogP contribution in [0, 0.1) is 6.92 Å². The molecule has 0 fully saturated rings. The van der Waals surface area contributed by atoms with Gasteiger partial charge in [0.25, 0.3) is 5.56 Å². The highest BCUT2D eigenvalue weighted by atomic mass is 19.4. The SMILES string of the molecule is Cc1cn2c(=O)c(C(C=NCCC(F)(F)F)=CN)c(C(F)(F)F)nc2n1-c1ccccn1. The van der Waals surface area contributed by atoms with Crippen LogP contribution in [0.1, 0.15) is 23.4 Å². The zero-order chi connectivity index (χ0) is 23.7. The monoisotopic (exact) mass is 458 g/mol. The zero-order valence-corrected chi connectivity index (χ0v) is 16.4. The fourth-order valence-electron chi connectivity index (χ4n) is 2.98. The predicted octanol–water partition coefficient (Wildman–Crippen LogP) is 3.53. The van der Waals surface area contributed by atoms with Crippen LogP contribution in [0.4, 0.5) is 26.3 Å². The molecule has 0 saturated carbocycles. The average molecular weight is 458 g/mol. The second-order valence-electron chi connectivity index (χ2n) is 6.62. The van der Waals surface area contributed by atoms with Gasteiger partial charge in [-0.25, -0.2) is 9.97 Å². The van der Waals surface area contributed by atoms with Gasteiger partial charge in [-0.3, -0.25) is 18.8 Å². The smallest absolute Gasteiger partial charge is 0.404 e. The van der Waals surface area contributed by atoms with Gasteiger partial charge in [-0.1, -0.05) is 6.07 Å². The summed E-state index contributed by atoms with van der Waals surface area (Å²) in [4.78, 5) is 24.2. The molecule has 7 nitrogen and oxygen atoms in total. The Labute approximate surface area is 176 Å². The maximum atomic E-state index is 13.8. The number of hydrogen-bond acceptors (Lipinski definition) is 5. The van der Waals surface area contributed by atoms with Crippen LogP contribution in [0.15, 0.2) is 46.6 Å². The van der Waals surface area contributed by atoms with E-state index >= 15 is 0 Å². The van der Waals surface area contributed by atoms with Crippen molar-refractivity contribution in [2.24, 2.45) is 10.7 Å². The summed E-state index contributed by atoms with van der Waals surface area (Å²) in [6.45, 7) is 0.808. The Bertz CT molecular complexity index is 1240. The van der Waals surface area contributed by atoms with E-state index in [2.05, 4.69) is 15.0 Å². The van der Waals surface area contributed by atoms with Crippen LogP contribution < -0.4 is 11.3 Å². The van der Waals surface area contributed by atoms with Gasteiger partial charge < -0.3 is 5.73 Å². The molecule has 0 aliphatic rings. The standard InChI is InChI=1S/C19H16F6N6O/c1-11-10-30-16(32)14(12(8-26)9-27-7-5-18(20,21)22)15(19(23,24)25)29-17(30)31(11)13-4-2-3-6-28-13/h2-4,6,8-10H,5,7,26H2,1H3. The maximum absolute atomic E-state index is 13.8. The van der Waals surface area contributed by atoms with Crippen molar-refractivity contribution >= 4 is 17.6 Å². The van der Waals surface area contributed by atoms with Gasteiger partial charge >= 0.3 is 12.4 Å². The molecule has 0 aromatic carbocycles. The summed E-state index contributed by atoms with van der Waals surface area (Å²) >= 11 is 0. The molecular formula is C19H16F6N6O. The number of pyridine rings is 1. The summed E-state index contributed by atoms with van der Waals surface area (Å²) in [6, 6.07) is 4.75. The minimum atomic E-state index is -5.07. The lowest BCUT2D eigenvalue weighted by Gasteiger charge is -2.13. The Balaban J connectivity index is 2.22. The van der Waals surface area contributed by atoms with Crippen LogP contribution >= 0.6 is 0 Å². The number of alkyl halides is 6. The van der Waals surface area contributed by atoms with Crippen molar-refractivity contribution in [1.29, 1.82) is 0 Å². The lowest BCUT2D eigenvalue weighted by atomic mass is 10.1. The van der Waals surface area contributed by atoms with E-state index < -0.39 is 47.7 Å². The minimum Gasteiger partial charge on any atom is -0.404 e. The first-order valence-corrected chi connectivity index (χ1v) is 9.06. The van der Waals surface area contributed by atoms with E-state index in [0.717, 1.165) is 4.40 Å². The number of hydrogen-bond donors (Lipinski definition) is 1. The Hall–Kier alpha value is -3.64. The Kier molecular flexibility index (Phi) is 6.10. The average Bonchev–Trinajstić information content (AvgIpc) is 3.04. The van der Waals surface area contributed by atoms with Gasteiger partial charge in [0.05, 0.1) is 12.0 Å². The normalized spacial score (nSPS) is 13.4. The molecule has 3 rings (SSSR count). The molecule has 0 amide bonds. The summed E-state index contributed by atoms with van der Waals surface area (Å²) < 4.78 is 80.6. The topological polar surface area (TPSA) is 90.6 Å². The van der Waals surface area contributed by atoms with E-state index in [-0.39, 0.29) is 11.6 Å². The van der Waals surface area contributed by atoms with E-state index in [9.17, 15) is 31.1 Å². The van der Waals surface area contributed by atoms with E-state index in [4.69, 9.17) is 5.73 Å². The fourth-order valence-corrected chi connectivity index (χ4v) is 2.98. The third-order valence-corrected chi connectivity index (χ3v) is 4.34. The van der Waals surface area contributed by atoms with Crippen molar-refractivity contribution in [1.82, 2.24) is 18.9 Å². The number of nitrogens with zero attached hydrogens (tertiary/aromatic N) is 5. The van der Waals surface area contributed by atoms with Crippen LogP contribution in [-0.2, 0) is 6.18 Å². The largest absolute Gasteiger partial charge is 0.434 e. The Morgan fingerprint density at radius 2 is 1.94 bits per heavy atom. The number of allylic oxidation sites excluding steroid dienone is 1. The zero-order valence-electron chi connectivity index (χ0n) is 16.4. The van der Waals surface area contributed by atoms with Crippen molar-refractivity contribution in [2.45, 2.75) is 25.7 Å².